The number of carbonyl (C=O) groups excluding carboxylic acids is 1. The minimum atomic E-state index is -0.869. The Hall–Kier alpha value is -1.36. The van der Waals surface area contributed by atoms with Crippen molar-refractivity contribution in [2.24, 2.45) is 17.6 Å². The van der Waals surface area contributed by atoms with Crippen molar-refractivity contribution in [2.75, 3.05) is 13.1 Å². The van der Waals surface area contributed by atoms with Crippen LogP contribution in [0.4, 0.5) is 0 Å². The molecule has 1 fully saturated rings. The van der Waals surface area contributed by atoms with Crippen molar-refractivity contribution >= 4 is 11.9 Å². The summed E-state index contributed by atoms with van der Waals surface area (Å²) < 4.78 is 0. The summed E-state index contributed by atoms with van der Waals surface area (Å²) in [4.78, 5) is 25.3. The highest BCUT2D eigenvalue weighted by Crippen LogP contribution is 2.28. The van der Waals surface area contributed by atoms with E-state index in [0.29, 0.717) is 25.9 Å². The van der Waals surface area contributed by atoms with Crippen LogP contribution in [0.1, 0.15) is 25.7 Å². The summed E-state index contributed by atoms with van der Waals surface area (Å²) in [5, 5.41) is 9.17. The SMILES string of the molecule is NC1CCN(C(=O)[C@@H]2CC=CC[C@@H]2C(=O)O)CC1. The third-order valence-corrected chi connectivity index (χ3v) is 3.92. The summed E-state index contributed by atoms with van der Waals surface area (Å²) in [7, 11) is 0. The van der Waals surface area contributed by atoms with Gasteiger partial charge >= 0.3 is 5.97 Å². The monoisotopic (exact) mass is 252 g/mol. The van der Waals surface area contributed by atoms with E-state index in [4.69, 9.17) is 5.73 Å². The predicted molar refractivity (Wildman–Crippen MR) is 66.8 cm³/mol. The standard InChI is InChI=1S/C13H20N2O3/c14-9-5-7-15(8-6-9)12(16)10-3-1-2-4-11(10)13(17)18/h1-2,9-11H,3-8,14H2,(H,17,18)/t10-,11+/m1/s1. The zero-order valence-corrected chi connectivity index (χ0v) is 10.4. The van der Waals surface area contributed by atoms with Gasteiger partial charge in [-0.2, -0.15) is 0 Å². The fraction of sp³-hybridized carbons (Fsp3) is 0.692. The van der Waals surface area contributed by atoms with E-state index >= 15 is 0 Å². The molecule has 1 saturated heterocycles. The van der Waals surface area contributed by atoms with Crippen molar-refractivity contribution in [2.45, 2.75) is 31.7 Å². The number of carboxylic acid groups (broad SMARTS) is 1. The Morgan fingerprint density at radius 2 is 1.67 bits per heavy atom. The highest BCUT2D eigenvalue weighted by molar-refractivity contribution is 5.85. The quantitative estimate of drug-likeness (QED) is 0.705. The number of carboxylic acids is 1. The maximum Gasteiger partial charge on any atom is 0.307 e. The zero-order valence-electron chi connectivity index (χ0n) is 10.4. The van der Waals surface area contributed by atoms with Gasteiger partial charge in [0.25, 0.3) is 0 Å². The van der Waals surface area contributed by atoms with E-state index in [1.54, 1.807) is 4.90 Å². The average molecular weight is 252 g/mol. The van der Waals surface area contributed by atoms with Crippen LogP contribution in [-0.4, -0.2) is 41.0 Å². The number of allylic oxidation sites excluding steroid dienone is 2. The molecule has 0 unspecified atom stereocenters. The molecule has 0 aromatic carbocycles. The van der Waals surface area contributed by atoms with Gasteiger partial charge in [0.1, 0.15) is 0 Å². The summed E-state index contributed by atoms with van der Waals surface area (Å²) >= 11 is 0. The molecule has 2 aliphatic rings. The van der Waals surface area contributed by atoms with Gasteiger partial charge in [0.2, 0.25) is 5.91 Å². The molecular formula is C13H20N2O3. The molecule has 2 rings (SSSR count). The Morgan fingerprint density at radius 3 is 2.22 bits per heavy atom. The largest absolute Gasteiger partial charge is 0.481 e. The third-order valence-electron chi connectivity index (χ3n) is 3.92. The van der Waals surface area contributed by atoms with Crippen LogP contribution in [0.2, 0.25) is 0 Å². The van der Waals surface area contributed by atoms with E-state index in [9.17, 15) is 14.7 Å². The highest BCUT2D eigenvalue weighted by Gasteiger charge is 2.36. The van der Waals surface area contributed by atoms with Gasteiger partial charge < -0.3 is 15.7 Å². The Bertz CT molecular complexity index is 359. The van der Waals surface area contributed by atoms with Crippen LogP contribution in [0.15, 0.2) is 12.2 Å². The summed E-state index contributed by atoms with van der Waals surface area (Å²) in [6.45, 7) is 1.32. The Labute approximate surface area is 107 Å². The lowest BCUT2D eigenvalue weighted by Crippen LogP contribution is -2.47. The van der Waals surface area contributed by atoms with Gasteiger partial charge in [-0.25, -0.2) is 0 Å². The number of piperidine rings is 1. The normalized spacial score (nSPS) is 29.3. The van der Waals surface area contributed by atoms with Gasteiger partial charge in [-0.05, 0) is 25.7 Å². The summed E-state index contributed by atoms with van der Waals surface area (Å²) in [6.07, 6.45) is 6.39. The second kappa shape index (κ2) is 5.52. The maximum absolute atomic E-state index is 12.4. The Balaban J connectivity index is 2.03. The van der Waals surface area contributed by atoms with E-state index in [1.165, 1.54) is 0 Å². The van der Waals surface area contributed by atoms with Crippen LogP contribution in [-0.2, 0) is 9.59 Å². The van der Waals surface area contributed by atoms with Crippen molar-refractivity contribution in [1.29, 1.82) is 0 Å². The molecule has 18 heavy (non-hydrogen) atoms. The highest BCUT2D eigenvalue weighted by atomic mass is 16.4. The third kappa shape index (κ3) is 2.72. The van der Waals surface area contributed by atoms with E-state index in [-0.39, 0.29) is 11.9 Å². The Morgan fingerprint density at radius 1 is 1.11 bits per heavy atom. The first-order chi connectivity index (χ1) is 8.59. The lowest BCUT2D eigenvalue weighted by Gasteiger charge is -2.35. The topological polar surface area (TPSA) is 83.6 Å². The molecular weight excluding hydrogens is 232 g/mol. The van der Waals surface area contributed by atoms with Gasteiger partial charge in [-0.15, -0.1) is 0 Å². The van der Waals surface area contributed by atoms with Gasteiger partial charge in [0, 0.05) is 19.1 Å². The van der Waals surface area contributed by atoms with Crippen LogP contribution in [0.25, 0.3) is 0 Å². The number of nitrogens with zero attached hydrogens (tertiary/aromatic N) is 1. The van der Waals surface area contributed by atoms with Crippen LogP contribution in [0.5, 0.6) is 0 Å². The number of rotatable bonds is 2. The fourth-order valence-corrected chi connectivity index (χ4v) is 2.71. The lowest BCUT2D eigenvalue weighted by molar-refractivity contribution is -0.151. The first kappa shape index (κ1) is 13.1. The molecule has 0 bridgehead atoms. The van der Waals surface area contributed by atoms with Crippen molar-refractivity contribution in [1.82, 2.24) is 4.90 Å². The second-order valence-corrected chi connectivity index (χ2v) is 5.16. The van der Waals surface area contributed by atoms with Crippen molar-refractivity contribution in [3.63, 3.8) is 0 Å². The molecule has 0 saturated carbocycles. The minimum absolute atomic E-state index is 0.0151. The molecule has 100 valence electrons. The molecule has 1 aliphatic carbocycles. The number of likely N-dealkylation sites (tertiary alicyclic amines) is 1. The second-order valence-electron chi connectivity index (χ2n) is 5.16. The molecule has 3 N–H and O–H groups in total. The van der Waals surface area contributed by atoms with E-state index in [2.05, 4.69) is 0 Å². The van der Waals surface area contributed by atoms with Crippen molar-refractivity contribution in [3.8, 4) is 0 Å². The molecule has 0 aromatic heterocycles. The molecule has 5 nitrogen and oxygen atoms in total. The number of nitrogens with two attached hydrogens (primary N) is 1. The molecule has 0 radical (unpaired) electrons. The van der Waals surface area contributed by atoms with Crippen LogP contribution >= 0.6 is 0 Å². The maximum atomic E-state index is 12.4. The van der Waals surface area contributed by atoms with Crippen LogP contribution in [0, 0.1) is 11.8 Å². The molecule has 1 heterocycles. The van der Waals surface area contributed by atoms with Gasteiger partial charge in [-0.3, -0.25) is 9.59 Å². The molecule has 1 amide bonds. The fourth-order valence-electron chi connectivity index (χ4n) is 2.71. The molecule has 0 aromatic rings. The number of hydrogen-bond acceptors (Lipinski definition) is 3. The van der Waals surface area contributed by atoms with E-state index in [1.807, 2.05) is 12.2 Å². The minimum Gasteiger partial charge on any atom is -0.481 e. The first-order valence-corrected chi connectivity index (χ1v) is 6.51. The van der Waals surface area contributed by atoms with E-state index in [0.717, 1.165) is 12.8 Å². The predicted octanol–water partition coefficient (Wildman–Crippen LogP) is 0.603. The van der Waals surface area contributed by atoms with Crippen molar-refractivity contribution in [3.05, 3.63) is 12.2 Å². The Kier molecular flexibility index (Phi) is 4.01. The summed E-state index contributed by atoms with van der Waals surface area (Å²) in [5.41, 5.74) is 5.81. The number of amides is 1. The molecule has 1 aliphatic heterocycles. The zero-order chi connectivity index (χ0) is 13.1. The number of aliphatic carboxylic acids is 1. The van der Waals surface area contributed by atoms with Crippen LogP contribution < -0.4 is 5.73 Å². The number of hydrogen-bond donors (Lipinski definition) is 2. The van der Waals surface area contributed by atoms with E-state index < -0.39 is 17.8 Å². The molecule has 0 spiro atoms. The summed E-state index contributed by atoms with van der Waals surface area (Å²) in [5.74, 6) is -1.86. The lowest BCUT2D eigenvalue weighted by atomic mass is 9.81. The smallest absolute Gasteiger partial charge is 0.307 e. The van der Waals surface area contributed by atoms with Gasteiger partial charge in [0.05, 0.1) is 11.8 Å². The van der Waals surface area contributed by atoms with Gasteiger partial charge in [-0.1, -0.05) is 12.2 Å². The van der Waals surface area contributed by atoms with Gasteiger partial charge in [0.15, 0.2) is 0 Å². The molecule has 5 heteroatoms. The number of carbonyl (C=O) groups is 2. The average Bonchev–Trinajstić information content (AvgIpc) is 2.39. The van der Waals surface area contributed by atoms with Crippen molar-refractivity contribution < 1.29 is 14.7 Å². The van der Waals surface area contributed by atoms with Crippen LogP contribution in [0.3, 0.4) is 0 Å². The molecule has 2 atom stereocenters. The summed E-state index contributed by atoms with van der Waals surface area (Å²) in [6, 6.07) is 0.176. The first-order valence-electron chi connectivity index (χ1n) is 6.51.